The van der Waals surface area contributed by atoms with Crippen molar-refractivity contribution in [2.24, 2.45) is 0 Å². The largest absolute Gasteiger partial charge is 0.493 e. The van der Waals surface area contributed by atoms with Crippen LogP contribution in [0.5, 0.6) is 5.75 Å². The Bertz CT molecular complexity index is 858. The summed E-state index contributed by atoms with van der Waals surface area (Å²) in [5.74, 6) is 0.676. The molecule has 148 valence electrons. The Morgan fingerprint density at radius 3 is 2.59 bits per heavy atom. The van der Waals surface area contributed by atoms with Crippen LogP contribution >= 0.6 is 0 Å². The summed E-state index contributed by atoms with van der Waals surface area (Å²) in [5.41, 5.74) is 1.95. The summed E-state index contributed by atoms with van der Waals surface area (Å²) < 4.78 is 32.6. The van der Waals surface area contributed by atoms with Crippen molar-refractivity contribution in [3.63, 3.8) is 0 Å². The summed E-state index contributed by atoms with van der Waals surface area (Å²) in [7, 11) is -3.65. The first-order valence-corrected chi connectivity index (χ1v) is 10.3. The van der Waals surface area contributed by atoms with Crippen molar-refractivity contribution in [1.82, 2.24) is 20.2 Å². The molecule has 0 spiro atoms. The average molecular weight is 394 g/mol. The normalized spacial score (nSPS) is 11.4. The molecule has 9 heteroatoms. The molecule has 0 saturated heterocycles. The van der Waals surface area contributed by atoms with Crippen molar-refractivity contribution in [3.05, 3.63) is 41.2 Å². The molecule has 1 aromatic heterocycles. The van der Waals surface area contributed by atoms with Crippen LogP contribution in [0.25, 0.3) is 0 Å². The van der Waals surface area contributed by atoms with Gasteiger partial charge in [-0.05, 0) is 38.8 Å². The summed E-state index contributed by atoms with van der Waals surface area (Å²) in [4.78, 5) is 12.0. The fraction of sp³-hybridized carbons (Fsp3) is 0.444. The molecule has 1 heterocycles. The van der Waals surface area contributed by atoms with Gasteiger partial charge < -0.3 is 10.1 Å². The van der Waals surface area contributed by atoms with Crippen molar-refractivity contribution >= 4 is 15.9 Å². The van der Waals surface area contributed by atoms with E-state index in [2.05, 4.69) is 20.2 Å². The van der Waals surface area contributed by atoms with Crippen molar-refractivity contribution in [1.29, 1.82) is 0 Å². The molecule has 0 fully saturated rings. The molecule has 0 aliphatic carbocycles. The van der Waals surface area contributed by atoms with E-state index in [-0.39, 0.29) is 23.9 Å². The number of nitrogens with one attached hydrogen (secondary N) is 3. The Hall–Kier alpha value is -2.39. The van der Waals surface area contributed by atoms with Gasteiger partial charge in [-0.3, -0.25) is 9.89 Å². The minimum Gasteiger partial charge on any atom is -0.493 e. The molecule has 0 aliphatic heterocycles. The average Bonchev–Trinajstić information content (AvgIpc) is 2.96. The zero-order valence-electron chi connectivity index (χ0n) is 15.8. The Morgan fingerprint density at radius 2 is 1.93 bits per heavy atom. The van der Waals surface area contributed by atoms with E-state index in [9.17, 15) is 13.2 Å². The molecule has 3 N–H and O–H groups in total. The minimum atomic E-state index is -3.65. The molecular weight excluding hydrogens is 368 g/mol. The van der Waals surface area contributed by atoms with E-state index in [1.54, 1.807) is 13.8 Å². The number of H-pyrrole nitrogens is 1. The predicted octanol–water partition coefficient (Wildman–Crippen LogP) is 1.59. The van der Waals surface area contributed by atoms with Gasteiger partial charge in [-0.15, -0.1) is 0 Å². The van der Waals surface area contributed by atoms with E-state index in [0.717, 1.165) is 11.3 Å². The maximum atomic E-state index is 12.3. The molecule has 2 aromatic rings. The quantitative estimate of drug-likeness (QED) is 0.530. The van der Waals surface area contributed by atoms with Crippen LogP contribution in [-0.4, -0.2) is 44.2 Å². The van der Waals surface area contributed by atoms with Crippen molar-refractivity contribution in [3.8, 4) is 5.75 Å². The smallest absolute Gasteiger partial charge is 0.244 e. The monoisotopic (exact) mass is 394 g/mol. The van der Waals surface area contributed by atoms with E-state index < -0.39 is 10.0 Å². The van der Waals surface area contributed by atoms with E-state index in [1.807, 2.05) is 31.2 Å². The zero-order valence-corrected chi connectivity index (χ0v) is 16.6. The Morgan fingerprint density at radius 1 is 1.19 bits per heavy atom. The second-order valence-corrected chi connectivity index (χ2v) is 7.93. The number of carbonyl (C=O) groups excluding carboxylic acids is 1. The molecule has 8 nitrogen and oxygen atoms in total. The lowest BCUT2D eigenvalue weighted by atomic mass is 10.2. The molecule has 2 rings (SSSR count). The Kier molecular flexibility index (Phi) is 7.37. The number of benzene rings is 1. The van der Waals surface area contributed by atoms with Gasteiger partial charge >= 0.3 is 0 Å². The van der Waals surface area contributed by atoms with Gasteiger partial charge in [-0.2, -0.15) is 5.10 Å². The van der Waals surface area contributed by atoms with E-state index in [0.29, 0.717) is 30.8 Å². The molecular formula is C18H26N4O4S. The van der Waals surface area contributed by atoms with Crippen LogP contribution in [0.1, 0.15) is 29.8 Å². The zero-order chi connectivity index (χ0) is 19.9. The van der Waals surface area contributed by atoms with E-state index in [4.69, 9.17) is 4.74 Å². The van der Waals surface area contributed by atoms with Crippen molar-refractivity contribution < 1.29 is 17.9 Å². The summed E-state index contributed by atoms with van der Waals surface area (Å²) in [6, 6.07) is 7.71. The van der Waals surface area contributed by atoms with Crippen LogP contribution in [-0.2, 0) is 14.8 Å². The SMILES string of the molecule is Cc1ccccc1OCCCC(=O)NCCNS(=O)(=O)c1c(C)n[nH]c1C. The van der Waals surface area contributed by atoms with E-state index in [1.165, 1.54) is 0 Å². The van der Waals surface area contributed by atoms with Crippen LogP contribution in [0, 0.1) is 20.8 Å². The number of rotatable bonds is 10. The number of carbonyl (C=O) groups is 1. The third-order valence-corrected chi connectivity index (χ3v) is 5.69. The van der Waals surface area contributed by atoms with Crippen molar-refractivity contribution in [2.75, 3.05) is 19.7 Å². The summed E-state index contributed by atoms with van der Waals surface area (Å²) in [6.45, 7) is 6.01. The lowest BCUT2D eigenvalue weighted by Gasteiger charge is -2.10. The summed E-state index contributed by atoms with van der Waals surface area (Å²) in [6.07, 6.45) is 0.901. The van der Waals surface area contributed by atoms with Gasteiger partial charge in [0.2, 0.25) is 15.9 Å². The molecule has 27 heavy (non-hydrogen) atoms. The lowest BCUT2D eigenvalue weighted by molar-refractivity contribution is -0.121. The maximum absolute atomic E-state index is 12.3. The second kappa shape index (κ2) is 9.52. The number of ether oxygens (including phenoxy) is 1. The minimum absolute atomic E-state index is 0.109. The van der Waals surface area contributed by atoms with Crippen molar-refractivity contribution in [2.45, 2.75) is 38.5 Å². The molecule has 0 radical (unpaired) electrons. The Labute approximate surface area is 159 Å². The van der Waals surface area contributed by atoms with Crippen LogP contribution in [0.15, 0.2) is 29.2 Å². The van der Waals surface area contributed by atoms with Crippen LogP contribution in [0.4, 0.5) is 0 Å². The maximum Gasteiger partial charge on any atom is 0.244 e. The first-order chi connectivity index (χ1) is 12.8. The highest BCUT2D eigenvalue weighted by Gasteiger charge is 2.21. The van der Waals surface area contributed by atoms with Gasteiger partial charge in [0.25, 0.3) is 0 Å². The van der Waals surface area contributed by atoms with Crippen LogP contribution in [0.3, 0.4) is 0 Å². The number of aryl methyl sites for hydroxylation is 3. The van der Waals surface area contributed by atoms with Gasteiger partial charge in [-0.25, -0.2) is 13.1 Å². The van der Waals surface area contributed by atoms with Gasteiger partial charge in [-0.1, -0.05) is 18.2 Å². The molecule has 0 unspecified atom stereocenters. The highest BCUT2D eigenvalue weighted by molar-refractivity contribution is 7.89. The summed E-state index contributed by atoms with van der Waals surface area (Å²) >= 11 is 0. The topological polar surface area (TPSA) is 113 Å². The van der Waals surface area contributed by atoms with Gasteiger partial charge in [0, 0.05) is 19.5 Å². The third-order valence-electron chi connectivity index (χ3n) is 3.97. The number of hydrogen-bond donors (Lipinski definition) is 3. The fourth-order valence-electron chi connectivity index (χ4n) is 2.62. The molecule has 0 bridgehead atoms. The molecule has 1 amide bonds. The molecule has 1 aromatic carbocycles. The Balaban J connectivity index is 1.64. The first-order valence-electron chi connectivity index (χ1n) is 8.77. The highest BCUT2D eigenvalue weighted by atomic mass is 32.2. The third kappa shape index (κ3) is 6.07. The van der Waals surface area contributed by atoms with Crippen LogP contribution in [0.2, 0.25) is 0 Å². The van der Waals surface area contributed by atoms with Gasteiger partial charge in [0.15, 0.2) is 0 Å². The molecule has 0 aliphatic rings. The number of nitrogens with zero attached hydrogens (tertiary/aromatic N) is 1. The van der Waals surface area contributed by atoms with E-state index >= 15 is 0 Å². The summed E-state index contributed by atoms with van der Waals surface area (Å²) in [5, 5.41) is 9.22. The van der Waals surface area contributed by atoms with Gasteiger partial charge in [0.1, 0.15) is 10.6 Å². The molecule has 0 saturated carbocycles. The number of para-hydroxylation sites is 1. The lowest BCUT2D eigenvalue weighted by Crippen LogP contribution is -2.35. The standard InChI is InChI=1S/C18H26N4O4S/c1-13-7-4-5-8-16(13)26-12-6-9-17(23)19-10-11-20-27(24,25)18-14(2)21-22-15(18)3/h4-5,7-8,20H,6,9-12H2,1-3H3,(H,19,23)(H,21,22). The first kappa shape index (κ1) is 20.9. The molecule has 0 atom stereocenters. The fourth-order valence-corrected chi connectivity index (χ4v) is 4.02. The highest BCUT2D eigenvalue weighted by Crippen LogP contribution is 2.17. The predicted molar refractivity (Wildman–Crippen MR) is 102 cm³/mol. The number of amides is 1. The second-order valence-electron chi connectivity index (χ2n) is 6.23. The number of aromatic nitrogens is 2. The number of aromatic amines is 1. The van der Waals surface area contributed by atoms with Gasteiger partial charge in [0.05, 0.1) is 18.0 Å². The number of sulfonamides is 1. The van der Waals surface area contributed by atoms with Crippen LogP contribution < -0.4 is 14.8 Å². The number of hydrogen-bond acceptors (Lipinski definition) is 5.